The highest BCUT2D eigenvalue weighted by Gasteiger charge is 2.28. The second kappa shape index (κ2) is 9.66. The number of benzene rings is 1. The third-order valence-corrected chi connectivity index (χ3v) is 8.39. The minimum Gasteiger partial charge on any atom is -0.379 e. The summed E-state index contributed by atoms with van der Waals surface area (Å²) in [6, 6.07) is 5.20. The Morgan fingerprint density at radius 2 is 1.70 bits per heavy atom. The van der Waals surface area contributed by atoms with Crippen molar-refractivity contribution in [2.45, 2.75) is 56.3 Å². The molecule has 1 amide bonds. The van der Waals surface area contributed by atoms with E-state index in [1.54, 1.807) is 12.1 Å². The average molecular weight is 436 g/mol. The fourth-order valence-corrected chi connectivity index (χ4v) is 6.23. The van der Waals surface area contributed by atoms with Crippen molar-refractivity contribution in [2.75, 3.05) is 49.6 Å². The van der Waals surface area contributed by atoms with Crippen LogP contribution in [0.5, 0.6) is 0 Å². The molecule has 8 heteroatoms. The average Bonchev–Trinajstić information content (AvgIpc) is 3.28. The molecular weight excluding hydrogens is 402 g/mol. The van der Waals surface area contributed by atoms with Crippen molar-refractivity contribution < 1.29 is 17.9 Å². The van der Waals surface area contributed by atoms with E-state index < -0.39 is 10.0 Å². The second-order valence-electron chi connectivity index (χ2n) is 8.65. The number of piperidine rings is 1. The van der Waals surface area contributed by atoms with Crippen LogP contribution in [0.15, 0.2) is 23.1 Å². The van der Waals surface area contributed by atoms with Crippen LogP contribution in [0, 0.1) is 5.92 Å². The molecule has 1 saturated carbocycles. The summed E-state index contributed by atoms with van der Waals surface area (Å²) >= 11 is 0. The highest BCUT2D eigenvalue weighted by Crippen LogP contribution is 2.33. The van der Waals surface area contributed by atoms with Crippen molar-refractivity contribution in [2.24, 2.45) is 5.92 Å². The summed E-state index contributed by atoms with van der Waals surface area (Å²) in [5.74, 6) is 0.435. The molecule has 7 nitrogen and oxygen atoms in total. The van der Waals surface area contributed by atoms with Gasteiger partial charge in [-0.1, -0.05) is 12.8 Å². The molecule has 30 heavy (non-hydrogen) atoms. The summed E-state index contributed by atoms with van der Waals surface area (Å²) in [5.41, 5.74) is 1.55. The molecule has 4 rings (SSSR count). The number of morpholine rings is 1. The highest BCUT2D eigenvalue weighted by molar-refractivity contribution is 7.89. The van der Waals surface area contributed by atoms with Gasteiger partial charge < -0.3 is 15.0 Å². The summed E-state index contributed by atoms with van der Waals surface area (Å²) in [7, 11) is -3.61. The van der Waals surface area contributed by atoms with Gasteiger partial charge in [-0.25, -0.2) is 8.42 Å². The largest absolute Gasteiger partial charge is 0.379 e. The molecule has 1 N–H and O–H groups in total. The molecule has 0 aromatic heterocycles. The standard InChI is InChI=1S/C22H33N3O4S/c26-22(16-18-6-2-3-7-18)23-20-17-19(30(27,28)25-12-14-29-15-13-25)8-9-21(20)24-10-4-1-5-11-24/h8-9,17-18H,1-7,10-16H2,(H,23,26). The van der Waals surface area contributed by atoms with Crippen LogP contribution < -0.4 is 10.2 Å². The summed E-state index contributed by atoms with van der Waals surface area (Å²) in [4.78, 5) is 15.3. The lowest BCUT2D eigenvalue weighted by Crippen LogP contribution is -2.40. The van der Waals surface area contributed by atoms with Gasteiger partial charge in [-0.05, 0) is 56.2 Å². The molecule has 2 aliphatic heterocycles. The first-order valence-electron chi connectivity index (χ1n) is 11.3. The Kier molecular flexibility index (Phi) is 6.95. The zero-order valence-corrected chi connectivity index (χ0v) is 18.5. The second-order valence-corrected chi connectivity index (χ2v) is 10.6. The number of carbonyl (C=O) groups excluding carboxylic acids is 1. The van der Waals surface area contributed by atoms with E-state index in [0.29, 0.717) is 44.3 Å². The monoisotopic (exact) mass is 435 g/mol. The van der Waals surface area contributed by atoms with Crippen LogP contribution in [0.4, 0.5) is 11.4 Å². The lowest BCUT2D eigenvalue weighted by Gasteiger charge is -2.31. The summed E-state index contributed by atoms with van der Waals surface area (Å²) in [5, 5.41) is 3.06. The number of hydrogen-bond donors (Lipinski definition) is 1. The zero-order valence-electron chi connectivity index (χ0n) is 17.6. The van der Waals surface area contributed by atoms with E-state index in [-0.39, 0.29) is 10.8 Å². The Hall–Kier alpha value is -1.64. The van der Waals surface area contributed by atoms with Gasteiger partial charge in [-0.15, -0.1) is 0 Å². The van der Waals surface area contributed by atoms with Gasteiger partial charge >= 0.3 is 0 Å². The molecule has 0 unspecified atom stereocenters. The minimum absolute atomic E-state index is 0.0129. The van der Waals surface area contributed by atoms with Crippen LogP contribution in [0.2, 0.25) is 0 Å². The molecule has 3 fully saturated rings. The first kappa shape index (κ1) is 21.6. The molecule has 166 valence electrons. The Labute approximate surface area is 179 Å². The molecule has 1 aromatic rings. The number of sulfonamides is 1. The Morgan fingerprint density at radius 1 is 1.00 bits per heavy atom. The SMILES string of the molecule is O=C(CC1CCCC1)Nc1cc(S(=O)(=O)N2CCOCC2)ccc1N1CCCCC1. The Bertz CT molecular complexity index is 840. The van der Waals surface area contributed by atoms with Crippen molar-refractivity contribution in [1.29, 1.82) is 0 Å². The molecule has 1 aliphatic carbocycles. The van der Waals surface area contributed by atoms with Crippen LogP contribution in [0.1, 0.15) is 51.4 Å². The van der Waals surface area contributed by atoms with E-state index in [4.69, 9.17) is 4.74 Å². The maximum Gasteiger partial charge on any atom is 0.243 e. The van der Waals surface area contributed by atoms with Gasteiger partial charge in [0.25, 0.3) is 0 Å². The number of carbonyl (C=O) groups is 1. The van der Waals surface area contributed by atoms with Gasteiger partial charge in [-0.2, -0.15) is 4.31 Å². The lowest BCUT2D eigenvalue weighted by molar-refractivity contribution is -0.117. The van der Waals surface area contributed by atoms with Gasteiger partial charge in [0.05, 0.1) is 29.5 Å². The van der Waals surface area contributed by atoms with Gasteiger partial charge in [0.15, 0.2) is 0 Å². The van der Waals surface area contributed by atoms with E-state index in [2.05, 4.69) is 10.2 Å². The zero-order chi connectivity index (χ0) is 21.0. The van der Waals surface area contributed by atoms with Gasteiger partial charge in [0.1, 0.15) is 0 Å². The summed E-state index contributed by atoms with van der Waals surface area (Å²) < 4.78 is 33.0. The predicted molar refractivity (Wildman–Crippen MR) is 117 cm³/mol. The molecule has 1 aromatic carbocycles. The minimum atomic E-state index is -3.61. The first-order valence-corrected chi connectivity index (χ1v) is 12.7. The maximum atomic E-state index is 13.1. The number of rotatable bonds is 6. The maximum absolute atomic E-state index is 13.1. The van der Waals surface area contributed by atoms with Crippen LogP contribution in [0.25, 0.3) is 0 Å². The lowest BCUT2D eigenvalue weighted by atomic mass is 10.0. The van der Waals surface area contributed by atoms with Crippen molar-refractivity contribution >= 4 is 27.3 Å². The summed E-state index contributed by atoms with van der Waals surface area (Å²) in [6.45, 7) is 3.41. The van der Waals surface area contributed by atoms with Crippen molar-refractivity contribution in [1.82, 2.24) is 4.31 Å². The van der Waals surface area contributed by atoms with Gasteiger partial charge in [0, 0.05) is 32.6 Å². The van der Waals surface area contributed by atoms with E-state index in [9.17, 15) is 13.2 Å². The molecule has 0 spiro atoms. The fraction of sp³-hybridized carbons (Fsp3) is 0.682. The molecule has 3 aliphatic rings. The number of amides is 1. The topological polar surface area (TPSA) is 79.0 Å². The van der Waals surface area contributed by atoms with Crippen LogP contribution in [-0.2, 0) is 19.6 Å². The van der Waals surface area contributed by atoms with Crippen molar-refractivity contribution in [3.63, 3.8) is 0 Å². The Balaban J connectivity index is 1.59. The molecular formula is C22H33N3O4S. The summed E-state index contributed by atoms with van der Waals surface area (Å²) in [6.07, 6.45) is 8.57. The fourth-order valence-electron chi connectivity index (χ4n) is 4.80. The molecule has 0 bridgehead atoms. The Morgan fingerprint density at radius 3 is 2.40 bits per heavy atom. The molecule has 0 radical (unpaired) electrons. The van der Waals surface area contributed by atoms with Crippen LogP contribution >= 0.6 is 0 Å². The quantitative estimate of drug-likeness (QED) is 0.742. The molecule has 2 heterocycles. The molecule has 2 saturated heterocycles. The predicted octanol–water partition coefficient (Wildman–Crippen LogP) is 3.22. The smallest absolute Gasteiger partial charge is 0.243 e. The third kappa shape index (κ3) is 4.98. The molecule has 0 atom stereocenters. The van der Waals surface area contributed by atoms with Gasteiger partial charge in [-0.3, -0.25) is 4.79 Å². The van der Waals surface area contributed by atoms with Crippen LogP contribution in [-0.4, -0.2) is 58.0 Å². The van der Waals surface area contributed by atoms with Crippen molar-refractivity contribution in [3.05, 3.63) is 18.2 Å². The van der Waals surface area contributed by atoms with E-state index >= 15 is 0 Å². The number of anilines is 2. The number of ether oxygens (including phenoxy) is 1. The van der Waals surface area contributed by atoms with Gasteiger partial charge in [0.2, 0.25) is 15.9 Å². The number of nitrogens with zero attached hydrogens (tertiary/aromatic N) is 2. The van der Waals surface area contributed by atoms with Crippen LogP contribution in [0.3, 0.4) is 0 Å². The van der Waals surface area contributed by atoms with E-state index in [1.807, 2.05) is 6.07 Å². The number of hydrogen-bond acceptors (Lipinski definition) is 5. The van der Waals surface area contributed by atoms with E-state index in [1.165, 1.54) is 23.6 Å². The third-order valence-electron chi connectivity index (χ3n) is 6.50. The highest BCUT2D eigenvalue weighted by atomic mass is 32.2. The first-order chi connectivity index (χ1) is 14.5. The van der Waals surface area contributed by atoms with E-state index in [0.717, 1.165) is 44.5 Å². The normalized spacial score (nSPS) is 21.7. The van der Waals surface area contributed by atoms with Crippen molar-refractivity contribution in [3.8, 4) is 0 Å². The number of nitrogens with one attached hydrogen (secondary N) is 1.